The Labute approximate surface area is 120 Å². The SMILES string of the molecule is CCNC(=O)C1CNCCN1C(=O)CC1=CCCCC1. The third-order valence-corrected chi connectivity index (χ3v) is 3.98. The van der Waals surface area contributed by atoms with Crippen LogP contribution in [0.4, 0.5) is 0 Å². The minimum absolute atomic E-state index is 0.0503. The molecule has 5 heteroatoms. The summed E-state index contributed by atoms with van der Waals surface area (Å²) >= 11 is 0. The molecule has 1 unspecified atom stereocenters. The first kappa shape index (κ1) is 15.0. The standard InChI is InChI=1S/C15H25N3O2/c1-2-17-15(20)13-11-16-8-9-18(13)14(19)10-12-6-4-3-5-7-12/h6,13,16H,2-5,7-11H2,1H3,(H,17,20). The lowest BCUT2D eigenvalue weighted by Gasteiger charge is -2.35. The molecular formula is C15H25N3O2. The summed E-state index contributed by atoms with van der Waals surface area (Å²) in [5.41, 5.74) is 1.24. The minimum atomic E-state index is -0.361. The highest BCUT2D eigenvalue weighted by atomic mass is 16.2. The van der Waals surface area contributed by atoms with Gasteiger partial charge < -0.3 is 15.5 Å². The molecule has 0 bridgehead atoms. The topological polar surface area (TPSA) is 61.4 Å². The molecule has 0 radical (unpaired) electrons. The molecule has 2 amide bonds. The van der Waals surface area contributed by atoms with Crippen molar-refractivity contribution in [1.82, 2.24) is 15.5 Å². The first-order chi connectivity index (χ1) is 9.72. The lowest BCUT2D eigenvalue weighted by atomic mass is 9.96. The fourth-order valence-corrected chi connectivity index (χ4v) is 2.89. The maximum absolute atomic E-state index is 12.5. The Morgan fingerprint density at radius 3 is 3.00 bits per heavy atom. The number of likely N-dealkylation sites (N-methyl/N-ethyl adjacent to an activating group) is 1. The normalized spacial score (nSPS) is 23.1. The fraction of sp³-hybridized carbons (Fsp3) is 0.733. The number of allylic oxidation sites excluding steroid dienone is 1. The summed E-state index contributed by atoms with van der Waals surface area (Å²) in [5.74, 6) is 0.0431. The second-order valence-electron chi connectivity index (χ2n) is 5.49. The van der Waals surface area contributed by atoms with Gasteiger partial charge in [-0.2, -0.15) is 0 Å². The molecule has 1 fully saturated rings. The summed E-state index contributed by atoms with van der Waals surface area (Å²) in [7, 11) is 0. The molecule has 2 aliphatic rings. The summed E-state index contributed by atoms with van der Waals surface area (Å²) in [6, 6.07) is -0.361. The number of amides is 2. The van der Waals surface area contributed by atoms with Gasteiger partial charge in [-0.25, -0.2) is 0 Å². The highest BCUT2D eigenvalue weighted by Crippen LogP contribution is 2.21. The number of rotatable bonds is 4. The van der Waals surface area contributed by atoms with Crippen LogP contribution >= 0.6 is 0 Å². The molecule has 1 heterocycles. The van der Waals surface area contributed by atoms with Crippen molar-refractivity contribution < 1.29 is 9.59 Å². The van der Waals surface area contributed by atoms with Gasteiger partial charge in [-0.3, -0.25) is 9.59 Å². The Balaban J connectivity index is 1.97. The molecule has 1 saturated heterocycles. The van der Waals surface area contributed by atoms with Gasteiger partial charge >= 0.3 is 0 Å². The molecular weight excluding hydrogens is 254 g/mol. The van der Waals surface area contributed by atoms with E-state index in [1.807, 2.05) is 6.92 Å². The van der Waals surface area contributed by atoms with E-state index in [0.717, 1.165) is 19.4 Å². The summed E-state index contributed by atoms with van der Waals surface area (Å²) < 4.78 is 0. The lowest BCUT2D eigenvalue weighted by Crippen LogP contribution is -2.59. The van der Waals surface area contributed by atoms with Crippen molar-refractivity contribution in [3.63, 3.8) is 0 Å². The van der Waals surface area contributed by atoms with Gasteiger partial charge in [0.15, 0.2) is 0 Å². The Morgan fingerprint density at radius 2 is 2.30 bits per heavy atom. The fourth-order valence-electron chi connectivity index (χ4n) is 2.89. The molecule has 112 valence electrons. The molecule has 0 aromatic carbocycles. The number of hydrogen-bond donors (Lipinski definition) is 2. The van der Waals surface area contributed by atoms with E-state index in [0.29, 0.717) is 26.1 Å². The van der Waals surface area contributed by atoms with Gasteiger partial charge in [-0.05, 0) is 32.6 Å². The van der Waals surface area contributed by atoms with Crippen LogP contribution in [-0.4, -0.2) is 48.9 Å². The van der Waals surface area contributed by atoms with Crippen LogP contribution in [0.2, 0.25) is 0 Å². The predicted octanol–water partition coefficient (Wildman–Crippen LogP) is 0.813. The van der Waals surface area contributed by atoms with Crippen LogP contribution in [0.15, 0.2) is 11.6 Å². The largest absolute Gasteiger partial charge is 0.355 e. The van der Waals surface area contributed by atoms with Crippen molar-refractivity contribution in [3.8, 4) is 0 Å². The summed E-state index contributed by atoms with van der Waals surface area (Å²) in [4.78, 5) is 26.3. The minimum Gasteiger partial charge on any atom is -0.355 e. The van der Waals surface area contributed by atoms with E-state index in [2.05, 4.69) is 16.7 Å². The predicted molar refractivity (Wildman–Crippen MR) is 78.2 cm³/mol. The molecule has 2 rings (SSSR count). The van der Waals surface area contributed by atoms with Crippen LogP contribution in [0, 0.1) is 0 Å². The highest BCUT2D eigenvalue weighted by Gasteiger charge is 2.31. The van der Waals surface area contributed by atoms with Crippen LogP contribution in [0.25, 0.3) is 0 Å². The Morgan fingerprint density at radius 1 is 1.45 bits per heavy atom. The van der Waals surface area contributed by atoms with Crippen molar-refractivity contribution >= 4 is 11.8 Å². The van der Waals surface area contributed by atoms with E-state index in [1.165, 1.54) is 18.4 Å². The van der Waals surface area contributed by atoms with Crippen molar-refractivity contribution in [2.24, 2.45) is 0 Å². The van der Waals surface area contributed by atoms with Gasteiger partial charge in [-0.15, -0.1) is 0 Å². The number of piperazine rings is 1. The van der Waals surface area contributed by atoms with Gasteiger partial charge in [0.1, 0.15) is 6.04 Å². The van der Waals surface area contributed by atoms with Crippen LogP contribution < -0.4 is 10.6 Å². The van der Waals surface area contributed by atoms with E-state index < -0.39 is 0 Å². The molecule has 2 N–H and O–H groups in total. The number of carbonyl (C=O) groups excluding carboxylic acids is 2. The van der Waals surface area contributed by atoms with Gasteiger partial charge in [0.2, 0.25) is 11.8 Å². The summed E-state index contributed by atoms with van der Waals surface area (Å²) in [6.45, 7) is 4.43. The third-order valence-electron chi connectivity index (χ3n) is 3.98. The van der Waals surface area contributed by atoms with Gasteiger partial charge in [0.25, 0.3) is 0 Å². The van der Waals surface area contributed by atoms with E-state index in [-0.39, 0.29) is 17.9 Å². The monoisotopic (exact) mass is 279 g/mol. The maximum atomic E-state index is 12.5. The van der Waals surface area contributed by atoms with Crippen molar-refractivity contribution in [2.75, 3.05) is 26.2 Å². The average molecular weight is 279 g/mol. The summed E-state index contributed by atoms with van der Waals surface area (Å²) in [6.07, 6.45) is 7.21. The molecule has 1 aliphatic carbocycles. The third kappa shape index (κ3) is 3.82. The molecule has 0 aromatic heterocycles. The first-order valence-corrected chi connectivity index (χ1v) is 7.68. The average Bonchev–Trinajstić information content (AvgIpc) is 2.48. The molecule has 0 spiro atoms. The molecule has 5 nitrogen and oxygen atoms in total. The van der Waals surface area contributed by atoms with Crippen molar-refractivity contribution in [3.05, 3.63) is 11.6 Å². The van der Waals surface area contributed by atoms with Crippen LogP contribution in [0.1, 0.15) is 39.0 Å². The first-order valence-electron chi connectivity index (χ1n) is 7.68. The van der Waals surface area contributed by atoms with Crippen molar-refractivity contribution in [2.45, 2.75) is 45.1 Å². The van der Waals surface area contributed by atoms with Crippen LogP contribution in [-0.2, 0) is 9.59 Å². The number of hydrogen-bond acceptors (Lipinski definition) is 3. The molecule has 0 saturated carbocycles. The lowest BCUT2D eigenvalue weighted by molar-refractivity contribution is -0.141. The zero-order valence-electron chi connectivity index (χ0n) is 12.3. The Kier molecular flexibility index (Phi) is 5.59. The quantitative estimate of drug-likeness (QED) is 0.749. The highest BCUT2D eigenvalue weighted by molar-refractivity contribution is 5.88. The number of carbonyl (C=O) groups is 2. The van der Waals surface area contributed by atoms with E-state index in [1.54, 1.807) is 4.90 Å². The smallest absolute Gasteiger partial charge is 0.244 e. The molecule has 0 aromatic rings. The van der Waals surface area contributed by atoms with E-state index in [9.17, 15) is 9.59 Å². The van der Waals surface area contributed by atoms with E-state index in [4.69, 9.17) is 0 Å². The van der Waals surface area contributed by atoms with Crippen LogP contribution in [0.5, 0.6) is 0 Å². The maximum Gasteiger partial charge on any atom is 0.244 e. The summed E-state index contributed by atoms with van der Waals surface area (Å²) in [5, 5.41) is 6.01. The number of nitrogens with one attached hydrogen (secondary N) is 2. The van der Waals surface area contributed by atoms with Crippen molar-refractivity contribution in [1.29, 1.82) is 0 Å². The zero-order valence-corrected chi connectivity index (χ0v) is 12.3. The molecule has 20 heavy (non-hydrogen) atoms. The zero-order chi connectivity index (χ0) is 14.4. The van der Waals surface area contributed by atoms with Gasteiger partial charge in [-0.1, -0.05) is 11.6 Å². The second kappa shape index (κ2) is 7.43. The molecule has 1 aliphatic heterocycles. The Bertz CT molecular complexity index is 393. The van der Waals surface area contributed by atoms with Crippen LogP contribution in [0.3, 0.4) is 0 Å². The van der Waals surface area contributed by atoms with Gasteiger partial charge in [0, 0.05) is 32.6 Å². The van der Waals surface area contributed by atoms with Gasteiger partial charge in [0.05, 0.1) is 0 Å². The second-order valence-corrected chi connectivity index (χ2v) is 5.49. The number of nitrogens with zero attached hydrogens (tertiary/aromatic N) is 1. The Hall–Kier alpha value is -1.36. The molecule has 1 atom stereocenters. The van der Waals surface area contributed by atoms with E-state index >= 15 is 0 Å².